The van der Waals surface area contributed by atoms with Crippen molar-refractivity contribution in [2.45, 2.75) is 32.1 Å². The Morgan fingerprint density at radius 2 is 2.21 bits per heavy atom. The van der Waals surface area contributed by atoms with Crippen molar-refractivity contribution < 1.29 is 4.79 Å². The smallest absolute Gasteiger partial charge is 0.156 e. The molecule has 1 aliphatic carbocycles. The van der Waals surface area contributed by atoms with E-state index in [1.165, 1.54) is 12.8 Å². The van der Waals surface area contributed by atoms with E-state index in [4.69, 9.17) is 7.85 Å². The van der Waals surface area contributed by atoms with E-state index in [0.29, 0.717) is 17.1 Å². The molecule has 0 bridgehead atoms. The Labute approximate surface area is 113 Å². The molecule has 1 fully saturated rings. The molecule has 2 aromatic rings. The Balaban J connectivity index is 2.14. The van der Waals surface area contributed by atoms with Crippen molar-refractivity contribution in [3.8, 4) is 0 Å². The predicted octanol–water partition coefficient (Wildman–Crippen LogP) is 2.28. The van der Waals surface area contributed by atoms with Crippen molar-refractivity contribution in [3.05, 3.63) is 29.5 Å². The third kappa shape index (κ3) is 2.32. The van der Waals surface area contributed by atoms with Crippen molar-refractivity contribution in [3.63, 3.8) is 0 Å². The van der Waals surface area contributed by atoms with E-state index < -0.39 is 0 Å². The first-order valence-corrected chi connectivity index (χ1v) is 6.46. The quantitative estimate of drug-likeness (QED) is 0.669. The molecule has 0 atom stereocenters. The van der Waals surface area contributed by atoms with E-state index in [2.05, 4.69) is 15.3 Å². The van der Waals surface area contributed by atoms with Crippen LogP contribution in [0.3, 0.4) is 0 Å². The van der Waals surface area contributed by atoms with E-state index in [1.807, 2.05) is 19.1 Å². The first-order chi connectivity index (χ1) is 9.19. The molecule has 19 heavy (non-hydrogen) atoms. The highest BCUT2D eigenvalue weighted by atomic mass is 16.1. The van der Waals surface area contributed by atoms with Crippen molar-refractivity contribution in [1.29, 1.82) is 0 Å². The highest BCUT2D eigenvalue weighted by Crippen LogP contribution is 2.27. The van der Waals surface area contributed by atoms with Gasteiger partial charge in [0.25, 0.3) is 0 Å². The minimum absolute atomic E-state index is 0.0138. The Bertz CT molecular complexity index is 652. The van der Waals surface area contributed by atoms with Crippen molar-refractivity contribution in [2.75, 3.05) is 5.32 Å². The molecular weight excluding hydrogens is 237 g/mol. The number of Topliss-reactive ketones (excluding diaryl/α,β-unsaturated/α-hetero) is 1. The van der Waals surface area contributed by atoms with Crippen LogP contribution in [0.25, 0.3) is 11.0 Å². The number of hydrogen-bond donors (Lipinski definition) is 1. The van der Waals surface area contributed by atoms with Crippen LogP contribution in [0.1, 0.15) is 28.9 Å². The number of benzene rings is 1. The highest BCUT2D eigenvalue weighted by molar-refractivity contribution is 6.25. The van der Waals surface area contributed by atoms with Crippen LogP contribution in [0.2, 0.25) is 6.32 Å². The first kappa shape index (κ1) is 12.1. The molecule has 0 spiro atoms. The maximum atomic E-state index is 11.8. The fourth-order valence-electron chi connectivity index (χ4n) is 2.06. The Morgan fingerprint density at radius 1 is 1.42 bits per heavy atom. The molecule has 1 aliphatic rings. The average molecular weight is 251 g/mol. The van der Waals surface area contributed by atoms with Crippen molar-refractivity contribution in [2.24, 2.45) is 0 Å². The Hall–Kier alpha value is -1.91. The maximum Gasteiger partial charge on any atom is 0.156 e. The summed E-state index contributed by atoms with van der Waals surface area (Å²) in [6.07, 6.45) is 2.32. The van der Waals surface area contributed by atoms with Gasteiger partial charge in [-0.05, 0) is 38.2 Å². The molecule has 2 radical (unpaired) electrons. The number of aromatic nitrogens is 2. The van der Waals surface area contributed by atoms with Gasteiger partial charge in [0, 0.05) is 11.6 Å². The lowest BCUT2D eigenvalue weighted by molar-refractivity contribution is 0.101. The number of rotatable bonds is 4. The fraction of sp³-hybridized carbons (Fsp3) is 0.357. The van der Waals surface area contributed by atoms with Crippen LogP contribution >= 0.6 is 0 Å². The van der Waals surface area contributed by atoms with E-state index >= 15 is 0 Å². The lowest BCUT2D eigenvalue weighted by Crippen LogP contribution is -2.08. The normalized spacial score (nSPS) is 14.6. The van der Waals surface area contributed by atoms with Crippen LogP contribution < -0.4 is 5.32 Å². The summed E-state index contributed by atoms with van der Waals surface area (Å²) < 4.78 is 0. The summed E-state index contributed by atoms with van der Waals surface area (Å²) >= 11 is 0. The number of fused-ring (bicyclic) bond motifs is 1. The molecule has 0 saturated heterocycles. The van der Waals surface area contributed by atoms with Gasteiger partial charge in [0.2, 0.25) is 0 Å². The summed E-state index contributed by atoms with van der Waals surface area (Å²) in [5, 5.41) is 3.34. The molecule has 1 N–H and O–H groups in total. The molecule has 1 saturated carbocycles. The van der Waals surface area contributed by atoms with Gasteiger partial charge in [-0.2, -0.15) is 0 Å². The number of aryl methyl sites for hydroxylation is 1. The van der Waals surface area contributed by atoms with Crippen LogP contribution in [0.5, 0.6) is 0 Å². The van der Waals surface area contributed by atoms with E-state index in [1.54, 1.807) is 6.07 Å². The zero-order valence-corrected chi connectivity index (χ0v) is 10.8. The monoisotopic (exact) mass is 251 g/mol. The number of hydrogen-bond acceptors (Lipinski definition) is 4. The average Bonchev–Trinajstić information content (AvgIpc) is 3.22. The number of carbonyl (C=O) groups excluding carboxylic acids is 1. The third-order valence-electron chi connectivity index (χ3n) is 3.27. The molecule has 1 aromatic carbocycles. The Morgan fingerprint density at radius 3 is 2.89 bits per heavy atom. The van der Waals surface area contributed by atoms with Crippen LogP contribution in [0.15, 0.2) is 18.2 Å². The molecule has 3 rings (SSSR count). The molecular formula is C14H14BN3O. The largest absolute Gasteiger partial charge is 0.366 e. The van der Waals surface area contributed by atoms with Crippen molar-refractivity contribution >= 4 is 30.5 Å². The SMILES string of the molecule is [B]CC(=O)c1cccc2nc(C)c(NC3CC3)nc12. The van der Waals surface area contributed by atoms with Crippen LogP contribution in [-0.4, -0.2) is 29.6 Å². The van der Waals surface area contributed by atoms with E-state index in [0.717, 1.165) is 17.0 Å². The van der Waals surface area contributed by atoms with Crippen LogP contribution in [0, 0.1) is 6.92 Å². The summed E-state index contributed by atoms with van der Waals surface area (Å²) in [4.78, 5) is 20.9. The maximum absolute atomic E-state index is 11.8. The zero-order chi connectivity index (χ0) is 13.4. The van der Waals surface area contributed by atoms with Gasteiger partial charge >= 0.3 is 0 Å². The minimum atomic E-state index is -0.110. The molecule has 1 aromatic heterocycles. The Kier molecular flexibility index (Phi) is 2.97. The number of nitrogens with zero attached hydrogens (tertiary/aromatic N) is 2. The number of para-hydroxylation sites is 1. The lowest BCUT2D eigenvalue weighted by Gasteiger charge is -2.10. The molecule has 1 heterocycles. The summed E-state index contributed by atoms with van der Waals surface area (Å²) in [6.45, 7) is 1.93. The summed E-state index contributed by atoms with van der Waals surface area (Å²) in [5.41, 5.74) is 2.77. The zero-order valence-electron chi connectivity index (χ0n) is 10.8. The summed E-state index contributed by atoms with van der Waals surface area (Å²) in [6, 6.07) is 5.93. The van der Waals surface area contributed by atoms with Gasteiger partial charge < -0.3 is 5.32 Å². The van der Waals surface area contributed by atoms with Crippen molar-refractivity contribution in [1.82, 2.24) is 9.97 Å². The van der Waals surface area contributed by atoms with E-state index in [-0.39, 0.29) is 12.1 Å². The summed E-state index contributed by atoms with van der Waals surface area (Å²) in [5.74, 6) is 0.661. The number of nitrogens with one attached hydrogen (secondary N) is 1. The second-order valence-electron chi connectivity index (χ2n) is 4.88. The third-order valence-corrected chi connectivity index (χ3v) is 3.27. The molecule has 4 nitrogen and oxygen atoms in total. The molecule has 0 aliphatic heterocycles. The summed E-state index contributed by atoms with van der Waals surface area (Å²) in [7, 11) is 5.44. The minimum Gasteiger partial charge on any atom is -0.366 e. The highest BCUT2D eigenvalue weighted by Gasteiger charge is 2.23. The van der Waals surface area contributed by atoms with Gasteiger partial charge in [-0.3, -0.25) is 4.79 Å². The first-order valence-electron chi connectivity index (χ1n) is 6.46. The van der Waals surface area contributed by atoms with Gasteiger partial charge in [-0.25, -0.2) is 9.97 Å². The molecule has 94 valence electrons. The van der Waals surface area contributed by atoms with Crippen LogP contribution in [0.4, 0.5) is 5.82 Å². The van der Waals surface area contributed by atoms with Gasteiger partial charge in [0.05, 0.1) is 19.1 Å². The number of carbonyl (C=O) groups is 1. The molecule has 0 unspecified atom stereocenters. The fourth-order valence-corrected chi connectivity index (χ4v) is 2.06. The second-order valence-corrected chi connectivity index (χ2v) is 4.88. The number of anilines is 1. The van der Waals surface area contributed by atoms with E-state index in [9.17, 15) is 4.79 Å². The van der Waals surface area contributed by atoms with Gasteiger partial charge in [0.15, 0.2) is 5.78 Å². The van der Waals surface area contributed by atoms with Crippen LogP contribution in [-0.2, 0) is 0 Å². The topological polar surface area (TPSA) is 54.9 Å². The predicted molar refractivity (Wildman–Crippen MR) is 75.8 cm³/mol. The van der Waals surface area contributed by atoms with Gasteiger partial charge in [-0.15, -0.1) is 0 Å². The number of ketones is 1. The molecule has 5 heteroatoms. The standard InChI is InChI=1S/C14H14BN3O/c1-8-14(17-9-5-6-9)18-13-10(12(19)7-15)3-2-4-11(13)16-8/h2-4,9H,5-7H2,1H3,(H,17,18). The second kappa shape index (κ2) is 4.65. The van der Waals surface area contributed by atoms with Gasteiger partial charge in [-0.1, -0.05) is 6.07 Å². The van der Waals surface area contributed by atoms with Gasteiger partial charge in [0.1, 0.15) is 11.3 Å². The molecule has 0 amide bonds. The lowest BCUT2D eigenvalue weighted by atomic mass is 9.95.